The maximum absolute atomic E-state index is 12.0. The number of nitrogens with zero attached hydrogens (tertiary/aromatic N) is 5. The Kier molecular flexibility index (Phi) is 3.79. The van der Waals surface area contributed by atoms with Gasteiger partial charge in [0.15, 0.2) is 0 Å². The van der Waals surface area contributed by atoms with Gasteiger partial charge in [0.25, 0.3) is 0 Å². The Morgan fingerprint density at radius 2 is 2.18 bits per heavy atom. The normalized spacial score (nSPS) is 15.1. The van der Waals surface area contributed by atoms with Gasteiger partial charge in [-0.15, -0.1) is 0 Å². The molecule has 0 saturated heterocycles. The topological polar surface area (TPSA) is 74.3 Å². The first-order chi connectivity index (χ1) is 10.6. The number of hydrogen-bond acceptors (Lipinski definition) is 5. The second-order valence-electron chi connectivity index (χ2n) is 5.65. The van der Waals surface area contributed by atoms with Crippen LogP contribution in [-0.4, -0.2) is 25.5 Å². The third-order valence-corrected chi connectivity index (χ3v) is 3.92. The van der Waals surface area contributed by atoms with Gasteiger partial charge in [-0.1, -0.05) is 17.3 Å². The summed E-state index contributed by atoms with van der Waals surface area (Å²) in [5.41, 5.74) is 3.33. The van der Waals surface area contributed by atoms with Gasteiger partial charge in [-0.05, 0) is 48.7 Å². The van der Waals surface area contributed by atoms with Crippen LogP contribution in [0.15, 0.2) is 28.1 Å². The number of aryl methyl sites for hydroxylation is 2. The lowest BCUT2D eigenvalue weighted by Gasteiger charge is -2.10. The summed E-state index contributed by atoms with van der Waals surface area (Å²) in [6.45, 7) is 4.26. The summed E-state index contributed by atoms with van der Waals surface area (Å²) in [7, 11) is 1.57. The van der Waals surface area contributed by atoms with Crippen LogP contribution in [0.25, 0.3) is 5.69 Å². The largest absolute Gasteiger partial charge is 0.391 e. The first-order valence-corrected chi connectivity index (χ1v) is 7.32. The molecule has 1 heterocycles. The molecule has 3 rings (SSSR count). The molecule has 7 nitrogen and oxygen atoms in total. The molecule has 116 valence electrons. The molecule has 1 aliphatic rings. The SMILES string of the molecule is CC(=NOCc1c(C)cccc1-n1nnn(C)c1=O)C1CC1. The molecule has 0 unspecified atom stereocenters. The highest BCUT2D eigenvalue weighted by Crippen LogP contribution is 2.30. The van der Waals surface area contributed by atoms with Gasteiger partial charge in [-0.3, -0.25) is 0 Å². The highest BCUT2D eigenvalue weighted by atomic mass is 16.6. The highest BCUT2D eigenvalue weighted by molar-refractivity contribution is 5.85. The van der Waals surface area contributed by atoms with E-state index in [1.54, 1.807) is 7.05 Å². The third kappa shape index (κ3) is 2.79. The van der Waals surface area contributed by atoms with Crippen molar-refractivity contribution < 1.29 is 4.84 Å². The average Bonchev–Trinajstić information content (AvgIpc) is 3.29. The molecule has 0 spiro atoms. The van der Waals surface area contributed by atoms with Crippen molar-refractivity contribution in [3.8, 4) is 5.69 Å². The van der Waals surface area contributed by atoms with Gasteiger partial charge >= 0.3 is 5.69 Å². The van der Waals surface area contributed by atoms with E-state index in [2.05, 4.69) is 15.6 Å². The van der Waals surface area contributed by atoms with E-state index in [0.717, 1.165) is 16.8 Å². The van der Waals surface area contributed by atoms with Gasteiger partial charge in [0.2, 0.25) is 0 Å². The van der Waals surface area contributed by atoms with E-state index >= 15 is 0 Å². The summed E-state index contributed by atoms with van der Waals surface area (Å²) < 4.78 is 2.48. The minimum absolute atomic E-state index is 0.287. The smallest absolute Gasteiger partial charge is 0.368 e. The standard InChI is InChI=1S/C15H19N5O2/c1-10-5-4-6-14(20-15(21)19(3)17-18-20)13(10)9-22-16-11(2)12-7-8-12/h4-6,12H,7-9H2,1-3H3. The van der Waals surface area contributed by atoms with Crippen LogP contribution in [0.4, 0.5) is 0 Å². The van der Waals surface area contributed by atoms with Crippen LogP contribution in [-0.2, 0) is 18.5 Å². The zero-order chi connectivity index (χ0) is 15.7. The number of aromatic nitrogens is 4. The van der Waals surface area contributed by atoms with E-state index < -0.39 is 0 Å². The van der Waals surface area contributed by atoms with E-state index in [9.17, 15) is 4.79 Å². The molecule has 0 atom stereocenters. The minimum Gasteiger partial charge on any atom is -0.391 e. The fourth-order valence-electron chi connectivity index (χ4n) is 2.31. The molecule has 0 radical (unpaired) electrons. The maximum atomic E-state index is 12.0. The van der Waals surface area contributed by atoms with E-state index in [1.807, 2.05) is 32.0 Å². The summed E-state index contributed by atoms with van der Waals surface area (Å²) in [4.78, 5) is 17.5. The summed E-state index contributed by atoms with van der Waals surface area (Å²) in [6, 6.07) is 5.69. The molecule has 22 heavy (non-hydrogen) atoms. The minimum atomic E-state index is -0.287. The molecular weight excluding hydrogens is 282 g/mol. The van der Waals surface area contributed by atoms with Crippen molar-refractivity contribution in [2.24, 2.45) is 18.1 Å². The molecule has 7 heteroatoms. The van der Waals surface area contributed by atoms with Gasteiger partial charge in [-0.2, -0.15) is 9.36 Å². The number of hydrogen-bond donors (Lipinski definition) is 0. The summed E-state index contributed by atoms with van der Waals surface area (Å²) in [5.74, 6) is 0.582. The van der Waals surface area contributed by atoms with Crippen molar-refractivity contribution in [3.05, 3.63) is 39.8 Å². The van der Waals surface area contributed by atoms with Gasteiger partial charge in [0, 0.05) is 18.5 Å². The number of tetrazole rings is 1. The zero-order valence-corrected chi connectivity index (χ0v) is 13.0. The van der Waals surface area contributed by atoms with Crippen LogP contribution in [0, 0.1) is 12.8 Å². The van der Waals surface area contributed by atoms with Gasteiger partial charge in [0.05, 0.1) is 11.4 Å². The zero-order valence-electron chi connectivity index (χ0n) is 13.0. The molecule has 1 aromatic heterocycles. The Bertz CT molecular complexity index is 770. The van der Waals surface area contributed by atoms with Crippen molar-refractivity contribution in [1.82, 2.24) is 19.8 Å². The lowest BCUT2D eigenvalue weighted by atomic mass is 10.1. The molecule has 0 N–H and O–H groups in total. The maximum Gasteiger partial charge on any atom is 0.368 e. The Hall–Kier alpha value is -2.44. The first-order valence-electron chi connectivity index (χ1n) is 7.32. The first kappa shape index (κ1) is 14.5. The van der Waals surface area contributed by atoms with Crippen LogP contribution in [0.1, 0.15) is 30.9 Å². The lowest BCUT2D eigenvalue weighted by Crippen LogP contribution is -2.23. The average molecular weight is 301 g/mol. The van der Waals surface area contributed by atoms with Gasteiger partial charge in [0.1, 0.15) is 6.61 Å². The molecular formula is C15H19N5O2. The monoisotopic (exact) mass is 301 g/mol. The predicted molar refractivity (Wildman–Crippen MR) is 82.0 cm³/mol. The molecule has 1 aliphatic carbocycles. The molecule has 0 amide bonds. The van der Waals surface area contributed by atoms with Crippen LogP contribution >= 0.6 is 0 Å². The van der Waals surface area contributed by atoms with Crippen molar-refractivity contribution >= 4 is 5.71 Å². The van der Waals surface area contributed by atoms with Gasteiger partial charge < -0.3 is 4.84 Å². The Morgan fingerprint density at radius 3 is 2.82 bits per heavy atom. The fraction of sp³-hybridized carbons (Fsp3) is 0.467. The van der Waals surface area contributed by atoms with Crippen molar-refractivity contribution in [1.29, 1.82) is 0 Å². The summed E-state index contributed by atoms with van der Waals surface area (Å²) in [6.07, 6.45) is 2.40. The van der Waals surface area contributed by atoms with Crippen LogP contribution < -0.4 is 5.69 Å². The predicted octanol–water partition coefficient (Wildman–Crippen LogP) is 1.58. The molecule has 1 saturated carbocycles. The Labute approximate surface area is 128 Å². The van der Waals surface area contributed by atoms with Crippen molar-refractivity contribution in [2.45, 2.75) is 33.3 Å². The molecule has 2 aromatic rings. The van der Waals surface area contributed by atoms with E-state index in [1.165, 1.54) is 22.2 Å². The van der Waals surface area contributed by atoms with Crippen molar-refractivity contribution in [3.63, 3.8) is 0 Å². The number of benzene rings is 1. The Morgan fingerprint density at radius 1 is 1.41 bits per heavy atom. The molecule has 0 bridgehead atoms. The van der Waals surface area contributed by atoms with Crippen LogP contribution in [0.2, 0.25) is 0 Å². The van der Waals surface area contributed by atoms with Crippen molar-refractivity contribution in [2.75, 3.05) is 0 Å². The molecule has 1 fully saturated rings. The second kappa shape index (κ2) is 5.75. The number of rotatable bonds is 5. The van der Waals surface area contributed by atoms with Crippen LogP contribution in [0.3, 0.4) is 0 Å². The van der Waals surface area contributed by atoms with E-state index in [0.29, 0.717) is 18.2 Å². The Balaban J connectivity index is 1.88. The molecule has 0 aliphatic heterocycles. The second-order valence-corrected chi connectivity index (χ2v) is 5.65. The lowest BCUT2D eigenvalue weighted by molar-refractivity contribution is 0.129. The molecule has 1 aromatic carbocycles. The van der Waals surface area contributed by atoms with Crippen LogP contribution in [0.5, 0.6) is 0 Å². The quantitative estimate of drug-likeness (QED) is 0.620. The van der Waals surface area contributed by atoms with E-state index in [-0.39, 0.29) is 5.69 Å². The number of oxime groups is 1. The fourth-order valence-corrected chi connectivity index (χ4v) is 2.31. The third-order valence-electron chi connectivity index (χ3n) is 3.92. The highest BCUT2D eigenvalue weighted by Gasteiger charge is 2.25. The summed E-state index contributed by atoms with van der Waals surface area (Å²) >= 11 is 0. The van der Waals surface area contributed by atoms with E-state index in [4.69, 9.17) is 4.84 Å². The van der Waals surface area contributed by atoms with Gasteiger partial charge in [-0.25, -0.2) is 4.79 Å². The summed E-state index contributed by atoms with van der Waals surface area (Å²) in [5, 5.41) is 11.8.